The van der Waals surface area contributed by atoms with Crippen molar-refractivity contribution in [3.05, 3.63) is 0 Å². The molecule has 0 heterocycles. The molecule has 0 aromatic heterocycles. The quantitative estimate of drug-likeness (QED) is 0.437. The second-order valence-corrected chi connectivity index (χ2v) is 1.58. The molecule has 0 amide bonds. The summed E-state index contributed by atoms with van der Waals surface area (Å²) >= 11 is 0. The van der Waals surface area contributed by atoms with Crippen LogP contribution < -0.4 is 0 Å². The van der Waals surface area contributed by atoms with E-state index in [0.717, 1.165) is 12.8 Å². The second-order valence-electron chi connectivity index (χ2n) is 1.58. The molecular formula is C13H43B. The Morgan fingerprint density at radius 1 is 0.643 bits per heavy atom. The molecule has 0 saturated heterocycles. The minimum atomic E-state index is 0. The zero-order valence-corrected chi connectivity index (χ0v) is 4.57. The average molecular weight is 210 g/mol. The van der Waals surface area contributed by atoms with E-state index < -0.39 is 0 Å². The van der Waals surface area contributed by atoms with Gasteiger partial charge in [0.15, 0.2) is 0 Å². The van der Waals surface area contributed by atoms with Crippen LogP contribution in [0.2, 0.25) is 5.82 Å². The van der Waals surface area contributed by atoms with Gasteiger partial charge in [-0.2, -0.15) is 0 Å². The molecule has 0 aliphatic carbocycles. The topological polar surface area (TPSA) is 0 Å². The normalized spacial score (nSPS) is 4.21. The van der Waals surface area contributed by atoms with Crippen molar-refractivity contribution in [2.45, 2.75) is 91.9 Å². The molecule has 0 nitrogen and oxygen atoms in total. The molecule has 0 aromatic rings. The first kappa shape index (κ1) is 93.6. The van der Waals surface area contributed by atoms with Crippen LogP contribution in [0.3, 0.4) is 0 Å². The van der Waals surface area contributed by atoms with Crippen molar-refractivity contribution in [1.29, 1.82) is 0 Å². The van der Waals surface area contributed by atoms with E-state index in [1.807, 2.05) is 0 Å². The van der Waals surface area contributed by atoms with Crippen molar-refractivity contribution in [3.63, 3.8) is 0 Å². The first-order valence-corrected chi connectivity index (χ1v) is 2.56. The Hall–Kier alpha value is 0.0649. The predicted octanol–water partition coefficient (Wildman–Crippen LogP) is 6.85. The van der Waals surface area contributed by atoms with Crippen LogP contribution >= 0.6 is 0 Å². The molecule has 98 valence electrons. The summed E-state index contributed by atoms with van der Waals surface area (Å²) in [5.41, 5.74) is 0. The van der Waals surface area contributed by atoms with Crippen molar-refractivity contribution in [3.8, 4) is 0 Å². The third kappa shape index (κ3) is 89.4. The number of hydrogen-bond donors (Lipinski definition) is 0. The zero-order chi connectivity index (χ0) is 4.99. The Labute approximate surface area is 100 Å². The molecule has 0 aliphatic heterocycles. The van der Waals surface area contributed by atoms with Gasteiger partial charge in [0, 0.05) is 0 Å². The fourth-order valence-electron chi connectivity index (χ4n) is 0.289. The minimum Gasteiger partial charge on any atom is -0.0779 e. The Kier molecular flexibility index (Phi) is 496. The molecular weight excluding hydrogens is 167 g/mol. The van der Waals surface area contributed by atoms with E-state index >= 15 is 0 Å². The highest BCUT2D eigenvalue weighted by atomic mass is 13.9. The molecule has 2 radical (unpaired) electrons. The Bertz CT molecular complexity index is 24.4. The van der Waals surface area contributed by atoms with Gasteiger partial charge < -0.3 is 0 Å². The van der Waals surface area contributed by atoms with Crippen LogP contribution in [0.15, 0.2) is 0 Å². The van der Waals surface area contributed by atoms with E-state index in [2.05, 4.69) is 13.8 Å². The van der Waals surface area contributed by atoms with Crippen LogP contribution in [0.5, 0.6) is 0 Å². The molecule has 0 unspecified atom stereocenters. The van der Waals surface area contributed by atoms with E-state index in [9.17, 15) is 0 Å². The summed E-state index contributed by atoms with van der Waals surface area (Å²) in [7, 11) is 5.47. The van der Waals surface area contributed by atoms with Gasteiger partial charge >= 0.3 is 0 Å². The Morgan fingerprint density at radius 2 is 0.786 bits per heavy atom. The maximum atomic E-state index is 5.47. The molecule has 0 spiro atoms. The van der Waals surface area contributed by atoms with Gasteiger partial charge in [-0.1, -0.05) is 91.9 Å². The molecule has 0 rings (SSSR count). The largest absolute Gasteiger partial charge is 0.0779 e. The van der Waals surface area contributed by atoms with Gasteiger partial charge in [0.05, 0.1) is 7.85 Å². The highest BCUT2D eigenvalue weighted by Crippen LogP contribution is 2.06. The summed E-state index contributed by atoms with van der Waals surface area (Å²) in [6.45, 7) is 4.21. The lowest BCUT2D eigenvalue weighted by molar-refractivity contribution is 0.768. The summed E-state index contributed by atoms with van der Waals surface area (Å²) in [6.07, 6.45) is 2.22. The highest BCUT2D eigenvalue weighted by molar-refractivity contribution is 6.11. The fraction of sp³-hybridized carbons (Fsp3) is 1.00. The average Bonchev–Trinajstić information content (AvgIpc) is 1.65. The molecule has 0 saturated carbocycles. The van der Waals surface area contributed by atoms with E-state index in [1.54, 1.807) is 0 Å². The summed E-state index contributed by atoms with van der Waals surface area (Å²) in [5.74, 6) is 0.435. The van der Waals surface area contributed by atoms with Gasteiger partial charge in [0.1, 0.15) is 0 Å². The summed E-state index contributed by atoms with van der Waals surface area (Å²) in [4.78, 5) is 0. The van der Waals surface area contributed by atoms with Crippen LogP contribution in [0, 0.1) is 0 Å². The molecule has 1 heteroatoms. The molecule has 0 atom stereocenters. The third-order valence-corrected chi connectivity index (χ3v) is 1.05. The lowest BCUT2D eigenvalue weighted by Crippen LogP contribution is -1.83. The summed E-state index contributed by atoms with van der Waals surface area (Å²) in [6, 6.07) is 0. The summed E-state index contributed by atoms with van der Waals surface area (Å²) < 4.78 is 0. The van der Waals surface area contributed by atoms with Crippen molar-refractivity contribution in [2.24, 2.45) is 0 Å². The van der Waals surface area contributed by atoms with Crippen molar-refractivity contribution < 1.29 is 0 Å². The maximum absolute atomic E-state index is 5.47. The predicted molar refractivity (Wildman–Crippen MR) is 83.9 cm³/mol. The molecule has 0 fully saturated rings. The van der Waals surface area contributed by atoms with Gasteiger partial charge in [0.25, 0.3) is 0 Å². The first-order valence-electron chi connectivity index (χ1n) is 2.56. The SMILES string of the molecule is C.C.C.C.C.C.C.C.[B]C(CC)CC. The van der Waals surface area contributed by atoms with Gasteiger partial charge in [-0.3, -0.25) is 0 Å². The zero-order valence-electron chi connectivity index (χ0n) is 4.57. The van der Waals surface area contributed by atoms with Gasteiger partial charge in [-0.15, -0.1) is 0 Å². The molecule has 0 bridgehead atoms. The highest BCUT2D eigenvalue weighted by Gasteiger charge is 1.88. The lowest BCUT2D eigenvalue weighted by Gasteiger charge is -1.99. The lowest BCUT2D eigenvalue weighted by atomic mass is 9.83. The van der Waals surface area contributed by atoms with Crippen LogP contribution in [0.1, 0.15) is 86.1 Å². The van der Waals surface area contributed by atoms with E-state index in [-0.39, 0.29) is 59.4 Å². The van der Waals surface area contributed by atoms with Crippen molar-refractivity contribution in [2.75, 3.05) is 0 Å². The first-order chi connectivity index (χ1) is 2.81. The molecule has 0 N–H and O–H groups in total. The summed E-state index contributed by atoms with van der Waals surface area (Å²) in [5, 5.41) is 0. The van der Waals surface area contributed by atoms with E-state index in [0.29, 0.717) is 5.82 Å². The smallest absolute Gasteiger partial charge is 0.0699 e. The molecule has 0 aliphatic rings. The van der Waals surface area contributed by atoms with Crippen LogP contribution in [0.4, 0.5) is 0 Å². The van der Waals surface area contributed by atoms with Crippen molar-refractivity contribution in [1.82, 2.24) is 0 Å². The van der Waals surface area contributed by atoms with Gasteiger partial charge in [0.2, 0.25) is 0 Å². The van der Waals surface area contributed by atoms with Gasteiger partial charge in [-0.25, -0.2) is 0 Å². The standard InChI is InChI=1S/C5H11B.8CH4/c1-3-5(6)4-2;;;;;;;;/h5H,3-4H2,1-2H3;8*1H4. The van der Waals surface area contributed by atoms with Crippen molar-refractivity contribution >= 4 is 7.85 Å². The van der Waals surface area contributed by atoms with E-state index in [4.69, 9.17) is 7.85 Å². The maximum Gasteiger partial charge on any atom is 0.0699 e. The van der Waals surface area contributed by atoms with Crippen LogP contribution in [-0.4, -0.2) is 7.85 Å². The third-order valence-electron chi connectivity index (χ3n) is 1.05. The van der Waals surface area contributed by atoms with Crippen LogP contribution in [-0.2, 0) is 0 Å². The molecule has 0 aromatic carbocycles. The Morgan fingerprint density at radius 3 is 0.786 bits per heavy atom. The fourth-order valence-corrected chi connectivity index (χ4v) is 0.289. The van der Waals surface area contributed by atoms with Gasteiger partial charge in [-0.05, 0) is 0 Å². The van der Waals surface area contributed by atoms with Crippen LogP contribution in [0.25, 0.3) is 0 Å². The minimum absolute atomic E-state index is 0. The number of hydrogen-bond acceptors (Lipinski definition) is 0. The van der Waals surface area contributed by atoms with E-state index in [1.165, 1.54) is 0 Å². The second kappa shape index (κ2) is 74.1. The monoisotopic (exact) mass is 210 g/mol. The number of rotatable bonds is 2. The molecule has 14 heavy (non-hydrogen) atoms. The Balaban J connectivity index is -0.00000000446.